The van der Waals surface area contributed by atoms with Gasteiger partial charge in [-0.1, -0.05) is 0 Å². The Labute approximate surface area is 279 Å². The van der Waals surface area contributed by atoms with Crippen molar-refractivity contribution in [3.63, 3.8) is 0 Å². The first-order chi connectivity index (χ1) is 21.7. The molecule has 0 saturated carbocycles. The van der Waals surface area contributed by atoms with Crippen molar-refractivity contribution in [2.45, 2.75) is 84.5 Å². The van der Waals surface area contributed by atoms with Crippen molar-refractivity contribution in [1.29, 1.82) is 0 Å². The number of benzene rings is 4. The summed E-state index contributed by atoms with van der Waals surface area (Å²) < 4.78 is 1.03. The normalized spacial score (nSPS) is 18.2. The van der Waals surface area contributed by atoms with E-state index in [0.29, 0.717) is 0 Å². The first-order valence-corrected chi connectivity index (χ1v) is 28.0. The second-order valence-corrected chi connectivity index (χ2v) is 36.5. The molecule has 2 aliphatic carbocycles. The minimum absolute atomic E-state index is 0.0933. The predicted molar refractivity (Wildman–Crippen MR) is 196 cm³/mol. The number of hydrogen-bond donors (Lipinski definition) is 0. The molecule has 45 heavy (non-hydrogen) atoms. The predicted octanol–water partition coefficient (Wildman–Crippen LogP) is 14.0. The summed E-state index contributed by atoms with van der Waals surface area (Å²) in [5, 5.41) is 0. The molecule has 0 radical (unpaired) electrons. The van der Waals surface area contributed by atoms with E-state index in [0.717, 1.165) is 42.7 Å². The van der Waals surface area contributed by atoms with E-state index in [-0.39, 0.29) is 7.25 Å². The molecular weight excluding hydrogens is 667 g/mol. The van der Waals surface area contributed by atoms with Crippen molar-refractivity contribution in [2.75, 3.05) is 0 Å². The van der Waals surface area contributed by atoms with E-state index in [1.54, 1.807) is 0 Å². The van der Waals surface area contributed by atoms with Crippen molar-refractivity contribution < 1.29 is 16.4 Å². The molecule has 0 aliphatic heterocycles. The molecule has 0 fully saturated rings. The molecule has 0 bridgehead atoms. The van der Waals surface area contributed by atoms with Gasteiger partial charge in [-0.05, 0) is 0 Å². The number of allylic oxidation sites excluding steroid dienone is 2. The van der Waals surface area contributed by atoms with Crippen molar-refractivity contribution in [3.05, 3.63) is 129 Å². The Morgan fingerprint density at radius 3 is 1.31 bits per heavy atom. The van der Waals surface area contributed by atoms with Crippen molar-refractivity contribution in [1.82, 2.24) is 0 Å². The second-order valence-electron chi connectivity index (χ2n) is 13.6. The number of rotatable bonds is 11. The van der Waals surface area contributed by atoms with Gasteiger partial charge < -0.3 is 0 Å². The molecule has 0 heterocycles. The number of unbranched alkanes of at least 4 members (excludes halogenated alkanes) is 2. The third kappa shape index (κ3) is 5.92. The van der Waals surface area contributed by atoms with Crippen LogP contribution in [0.1, 0.15) is 99.9 Å². The van der Waals surface area contributed by atoms with E-state index < -0.39 is 16.4 Å². The zero-order valence-corrected chi connectivity index (χ0v) is 31.6. The monoisotopic (exact) mass is 711 g/mol. The van der Waals surface area contributed by atoms with Gasteiger partial charge in [0.2, 0.25) is 0 Å². The minimum atomic E-state index is -4.81. The van der Waals surface area contributed by atoms with Gasteiger partial charge in [0.1, 0.15) is 0 Å². The molecule has 0 N–H and O–H groups in total. The van der Waals surface area contributed by atoms with Crippen LogP contribution < -0.4 is 0 Å². The molecule has 0 saturated heterocycles. The molecule has 2 unspecified atom stereocenters. The Balaban J connectivity index is 1.56. The molecule has 3 heteroatoms. The molecule has 233 valence electrons. The van der Waals surface area contributed by atoms with E-state index in [1.165, 1.54) is 66.8 Å². The molecule has 4 aromatic rings. The zero-order chi connectivity index (χ0) is 31.8. The summed E-state index contributed by atoms with van der Waals surface area (Å²) in [6.45, 7) is 11.2. The van der Waals surface area contributed by atoms with Gasteiger partial charge in [-0.3, -0.25) is 0 Å². The van der Waals surface area contributed by atoms with E-state index in [2.05, 4.69) is 132 Å². The SMILES string of the molecule is CCCCC1=Cc2c(-c3ccc(C)cc3)cccc2[CH]1[Zr]([Cl])([Cl])([CH2]C)[CH]1C(CCCC)=Cc2c(-c3ccc(C)cc3)cccc21. The van der Waals surface area contributed by atoms with Gasteiger partial charge >= 0.3 is 282 Å². The molecule has 4 aromatic carbocycles. The maximum atomic E-state index is 8.53. The van der Waals surface area contributed by atoms with Crippen LogP contribution in [0.4, 0.5) is 0 Å². The number of fused-ring (bicyclic) bond motifs is 2. The van der Waals surface area contributed by atoms with Gasteiger partial charge in [0.05, 0.1) is 0 Å². The van der Waals surface area contributed by atoms with Crippen molar-refractivity contribution >= 4 is 29.2 Å². The van der Waals surface area contributed by atoms with Crippen LogP contribution in [-0.4, -0.2) is 0 Å². The summed E-state index contributed by atoms with van der Waals surface area (Å²) in [5.41, 5.74) is 16.0. The van der Waals surface area contributed by atoms with Crippen LogP contribution in [0.5, 0.6) is 0 Å². The summed E-state index contributed by atoms with van der Waals surface area (Å²) in [5.74, 6) is 0. The summed E-state index contributed by atoms with van der Waals surface area (Å²) in [6, 6.07) is 31.6. The first-order valence-electron chi connectivity index (χ1n) is 17.1. The van der Waals surface area contributed by atoms with E-state index in [9.17, 15) is 0 Å². The van der Waals surface area contributed by atoms with Crippen LogP contribution in [0, 0.1) is 13.8 Å². The number of hydrogen-bond acceptors (Lipinski definition) is 0. The van der Waals surface area contributed by atoms with Gasteiger partial charge in [0.25, 0.3) is 0 Å². The molecule has 0 amide bonds. The average Bonchev–Trinajstić information content (AvgIpc) is 3.63. The Kier molecular flexibility index (Phi) is 9.57. The quantitative estimate of drug-likeness (QED) is 0.145. The third-order valence-corrected chi connectivity index (χ3v) is 31.3. The van der Waals surface area contributed by atoms with Gasteiger partial charge in [-0.15, -0.1) is 0 Å². The Morgan fingerprint density at radius 1 is 0.556 bits per heavy atom. The molecular formula is C42H47Cl2Zr. The molecule has 6 rings (SSSR count). The molecule has 0 aromatic heterocycles. The standard InChI is InChI=1S/2C20H21.C2H5.2ClH.Zr/c2*1-3-4-6-16-13-18-7-5-8-19(20(18)14-16)17-11-9-15(2)10-12-17;1-2;;;/h2*5,7-14H,3-4,6H2,1-2H3;1H2,2H3;2*1H;/q;;;;;+2/p-2. The Hall–Kier alpha value is -2.18. The fourth-order valence-corrected chi connectivity index (χ4v) is 26.2. The molecule has 2 atom stereocenters. The van der Waals surface area contributed by atoms with Crippen LogP contribution in [0.2, 0.25) is 4.13 Å². The van der Waals surface area contributed by atoms with E-state index in [1.807, 2.05) is 0 Å². The Morgan fingerprint density at radius 2 is 0.956 bits per heavy atom. The number of halogens is 2. The van der Waals surface area contributed by atoms with Crippen LogP contribution in [-0.2, 0) is 16.4 Å². The zero-order valence-electron chi connectivity index (χ0n) is 27.6. The van der Waals surface area contributed by atoms with Crippen LogP contribution in [0.15, 0.2) is 96.1 Å². The molecule has 2 aliphatic rings. The van der Waals surface area contributed by atoms with E-state index in [4.69, 9.17) is 17.0 Å². The second kappa shape index (κ2) is 13.1. The van der Waals surface area contributed by atoms with Crippen LogP contribution >= 0.6 is 17.0 Å². The summed E-state index contributed by atoms with van der Waals surface area (Å²) in [4.78, 5) is 0. The molecule has 0 spiro atoms. The average molecular weight is 714 g/mol. The summed E-state index contributed by atoms with van der Waals surface area (Å²) in [6.07, 6.45) is 11.7. The summed E-state index contributed by atoms with van der Waals surface area (Å²) >= 11 is -4.81. The third-order valence-electron chi connectivity index (χ3n) is 10.5. The maximum absolute atomic E-state index is 8.53. The van der Waals surface area contributed by atoms with Gasteiger partial charge in [-0.25, -0.2) is 0 Å². The van der Waals surface area contributed by atoms with Gasteiger partial charge in [0, 0.05) is 0 Å². The van der Waals surface area contributed by atoms with E-state index >= 15 is 0 Å². The fourth-order valence-electron chi connectivity index (χ4n) is 8.06. The Bertz CT molecular complexity index is 1630. The van der Waals surface area contributed by atoms with Gasteiger partial charge in [-0.2, -0.15) is 0 Å². The summed E-state index contributed by atoms with van der Waals surface area (Å²) in [7, 11) is 17.1. The van der Waals surface area contributed by atoms with Crippen LogP contribution in [0.3, 0.4) is 0 Å². The van der Waals surface area contributed by atoms with Gasteiger partial charge in [0.15, 0.2) is 0 Å². The number of aryl methyl sites for hydroxylation is 2. The fraction of sp³-hybridized carbons (Fsp3) is 0.333. The molecule has 0 nitrogen and oxygen atoms in total. The van der Waals surface area contributed by atoms with Crippen LogP contribution in [0.25, 0.3) is 34.4 Å². The van der Waals surface area contributed by atoms with Crippen molar-refractivity contribution in [2.24, 2.45) is 0 Å². The first kappa shape index (κ1) is 32.8. The topological polar surface area (TPSA) is 0 Å². The van der Waals surface area contributed by atoms with Crippen molar-refractivity contribution in [3.8, 4) is 22.3 Å².